The number of aromatic amines is 1. The Kier molecular flexibility index (Phi) is 4.90. The number of hydrogen-bond acceptors (Lipinski definition) is 3. The van der Waals surface area contributed by atoms with Crippen LogP contribution in [0.4, 0.5) is 0 Å². The lowest BCUT2D eigenvalue weighted by molar-refractivity contribution is 0.639. The Morgan fingerprint density at radius 2 is 1.94 bits per heavy atom. The molecule has 0 bridgehead atoms. The molecule has 2 aromatic rings. The summed E-state index contributed by atoms with van der Waals surface area (Å²) >= 11 is 0. The minimum atomic E-state index is 0.931. The third kappa shape index (κ3) is 3.96. The first-order valence-corrected chi connectivity index (χ1v) is 6.51. The van der Waals surface area contributed by atoms with Crippen LogP contribution in [-0.2, 0) is 19.4 Å². The number of nitrogens with zero attached hydrogens (tertiary/aromatic N) is 2. The highest BCUT2D eigenvalue weighted by Crippen LogP contribution is 2.04. The van der Waals surface area contributed by atoms with Crippen molar-refractivity contribution in [3.63, 3.8) is 0 Å². The second-order valence-electron chi connectivity index (χ2n) is 4.38. The van der Waals surface area contributed by atoms with Crippen molar-refractivity contribution in [1.29, 1.82) is 0 Å². The van der Waals surface area contributed by atoms with Crippen LogP contribution in [0.5, 0.6) is 0 Å². The number of nitrogens with one attached hydrogen (secondary N) is 2. The molecule has 0 aliphatic carbocycles. The molecule has 0 atom stereocenters. The number of aromatic nitrogens is 3. The number of benzene rings is 1. The molecule has 0 aliphatic heterocycles. The Hall–Kier alpha value is -1.68. The fourth-order valence-electron chi connectivity index (χ4n) is 1.86. The van der Waals surface area contributed by atoms with E-state index in [-0.39, 0.29) is 0 Å². The highest BCUT2D eigenvalue weighted by molar-refractivity contribution is 5.22. The molecular formula is C14H20N4. The zero-order valence-electron chi connectivity index (χ0n) is 10.8. The van der Waals surface area contributed by atoms with E-state index in [4.69, 9.17) is 0 Å². The molecule has 0 radical (unpaired) electrons. The van der Waals surface area contributed by atoms with Gasteiger partial charge in [-0.05, 0) is 30.5 Å². The minimum Gasteiger partial charge on any atom is -0.313 e. The Balaban J connectivity index is 1.62. The normalized spacial score (nSPS) is 10.7. The molecule has 18 heavy (non-hydrogen) atoms. The summed E-state index contributed by atoms with van der Waals surface area (Å²) in [6, 6.07) is 8.79. The molecule has 1 aromatic carbocycles. The fraction of sp³-hybridized carbons (Fsp3) is 0.429. The maximum atomic E-state index is 4.10. The smallest absolute Gasteiger partial charge is 0.137 e. The van der Waals surface area contributed by atoms with Gasteiger partial charge in [-0.3, -0.25) is 5.10 Å². The molecule has 1 aromatic heterocycles. The third-order valence-corrected chi connectivity index (χ3v) is 2.99. The predicted molar refractivity (Wildman–Crippen MR) is 72.2 cm³/mol. The van der Waals surface area contributed by atoms with Gasteiger partial charge in [-0.1, -0.05) is 31.2 Å². The van der Waals surface area contributed by atoms with Crippen LogP contribution in [-0.4, -0.2) is 21.7 Å². The molecule has 96 valence electrons. The van der Waals surface area contributed by atoms with Gasteiger partial charge in [0, 0.05) is 13.0 Å². The number of aryl methyl sites for hydroxylation is 2. The van der Waals surface area contributed by atoms with E-state index in [0.29, 0.717) is 0 Å². The van der Waals surface area contributed by atoms with Crippen molar-refractivity contribution in [2.24, 2.45) is 0 Å². The molecule has 0 amide bonds. The van der Waals surface area contributed by atoms with Crippen molar-refractivity contribution in [2.45, 2.75) is 32.7 Å². The van der Waals surface area contributed by atoms with Gasteiger partial charge in [-0.25, -0.2) is 4.98 Å². The van der Waals surface area contributed by atoms with E-state index in [1.807, 2.05) is 0 Å². The zero-order chi connectivity index (χ0) is 12.6. The van der Waals surface area contributed by atoms with Crippen molar-refractivity contribution in [1.82, 2.24) is 20.5 Å². The van der Waals surface area contributed by atoms with Gasteiger partial charge in [-0.2, -0.15) is 5.10 Å². The average Bonchev–Trinajstić information content (AvgIpc) is 2.92. The maximum Gasteiger partial charge on any atom is 0.137 e. The summed E-state index contributed by atoms with van der Waals surface area (Å²) in [7, 11) is 0. The Morgan fingerprint density at radius 3 is 2.61 bits per heavy atom. The molecule has 0 saturated heterocycles. The van der Waals surface area contributed by atoms with Crippen LogP contribution in [0.1, 0.15) is 30.3 Å². The Labute approximate surface area is 108 Å². The molecule has 0 fully saturated rings. The van der Waals surface area contributed by atoms with Crippen molar-refractivity contribution >= 4 is 0 Å². The van der Waals surface area contributed by atoms with Crippen LogP contribution in [0.2, 0.25) is 0 Å². The Bertz CT molecular complexity index is 433. The van der Waals surface area contributed by atoms with Gasteiger partial charge < -0.3 is 5.32 Å². The van der Waals surface area contributed by atoms with Gasteiger partial charge in [0.15, 0.2) is 0 Å². The van der Waals surface area contributed by atoms with Crippen molar-refractivity contribution < 1.29 is 0 Å². The first-order chi connectivity index (χ1) is 8.88. The second-order valence-corrected chi connectivity index (χ2v) is 4.38. The topological polar surface area (TPSA) is 53.6 Å². The quantitative estimate of drug-likeness (QED) is 0.733. The van der Waals surface area contributed by atoms with E-state index >= 15 is 0 Å². The number of rotatable bonds is 7. The molecule has 2 rings (SSSR count). The van der Waals surface area contributed by atoms with E-state index in [1.165, 1.54) is 11.1 Å². The summed E-state index contributed by atoms with van der Waals surface area (Å²) in [4.78, 5) is 4.10. The van der Waals surface area contributed by atoms with Crippen LogP contribution >= 0.6 is 0 Å². The zero-order valence-corrected chi connectivity index (χ0v) is 10.8. The third-order valence-electron chi connectivity index (χ3n) is 2.99. The molecule has 0 saturated carbocycles. The van der Waals surface area contributed by atoms with Crippen molar-refractivity contribution in [2.75, 3.05) is 6.54 Å². The van der Waals surface area contributed by atoms with Gasteiger partial charge in [-0.15, -0.1) is 0 Å². The maximum absolute atomic E-state index is 4.10. The van der Waals surface area contributed by atoms with Gasteiger partial charge >= 0.3 is 0 Å². The summed E-state index contributed by atoms with van der Waals surface area (Å²) in [5.41, 5.74) is 2.73. The first-order valence-electron chi connectivity index (χ1n) is 6.51. The number of H-pyrrole nitrogens is 1. The van der Waals surface area contributed by atoms with Crippen LogP contribution < -0.4 is 5.32 Å². The second kappa shape index (κ2) is 6.91. The molecule has 2 N–H and O–H groups in total. The molecular weight excluding hydrogens is 224 g/mol. The summed E-state index contributed by atoms with van der Waals surface area (Å²) in [5.74, 6) is 0.962. The fourth-order valence-corrected chi connectivity index (χ4v) is 1.86. The van der Waals surface area contributed by atoms with Gasteiger partial charge in [0.05, 0.1) is 0 Å². The van der Waals surface area contributed by atoms with Crippen LogP contribution in [0.15, 0.2) is 30.6 Å². The van der Waals surface area contributed by atoms with E-state index < -0.39 is 0 Å². The summed E-state index contributed by atoms with van der Waals surface area (Å²) in [5, 5.41) is 10.1. The lowest BCUT2D eigenvalue weighted by atomic mass is 10.1. The highest BCUT2D eigenvalue weighted by Gasteiger charge is 1.96. The van der Waals surface area contributed by atoms with E-state index in [2.05, 4.69) is 51.7 Å². The van der Waals surface area contributed by atoms with Gasteiger partial charge in [0.1, 0.15) is 12.2 Å². The molecule has 1 heterocycles. The molecule has 0 spiro atoms. The lowest BCUT2D eigenvalue weighted by Gasteiger charge is -2.05. The van der Waals surface area contributed by atoms with Crippen molar-refractivity contribution in [3.05, 3.63) is 47.5 Å². The molecule has 0 aliphatic rings. The van der Waals surface area contributed by atoms with Gasteiger partial charge in [0.25, 0.3) is 0 Å². The van der Waals surface area contributed by atoms with E-state index in [9.17, 15) is 0 Å². The summed E-state index contributed by atoms with van der Waals surface area (Å²) in [6.07, 6.45) is 4.67. The predicted octanol–water partition coefficient (Wildman–Crippen LogP) is 2.09. The minimum absolute atomic E-state index is 0.931. The van der Waals surface area contributed by atoms with E-state index in [0.717, 1.165) is 38.2 Å². The van der Waals surface area contributed by atoms with E-state index in [1.54, 1.807) is 6.33 Å². The number of hydrogen-bond donors (Lipinski definition) is 2. The SMILES string of the molecule is CCc1ccc(CNCCCc2ncn[nH]2)cc1. The summed E-state index contributed by atoms with van der Waals surface area (Å²) in [6.45, 7) is 4.10. The Morgan fingerprint density at radius 1 is 1.17 bits per heavy atom. The highest BCUT2D eigenvalue weighted by atomic mass is 15.2. The standard InChI is InChI=1S/C14H20N4/c1-2-12-5-7-13(8-6-12)10-15-9-3-4-14-16-11-17-18-14/h5-8,11,15H,2-4,9-10H2,1H3,(H,16,17,18). The van der Waals surface area contributed by atoms with Gasteiger partial charge in [0.2, 0.25) is 0 Å². The summed E-state index contributed by atoms with van der Waals surface area (Å²) < 4.78 is 0. The molecule has 4 nitrogen and oxygen atoms in total. The largest absolute Gasteiger partial charge is 0.313 e. The van der Waals surface area contributed by atoms with Crippen LogP contribution in [0.3, 0.4) is 0 Å². The average molecular weight is 244 g/mol. The lowest BCUT2D eigenvalue weighted by Crippen LogP contribution is -2.15. The van der Waals surface area contributed by atoms with Crippen LogP contribution in [0, 0.1) is 0 Å². The molecule has 0 unspecified atom stereocenters. The molecule has 4 heteroatoms. The first kappa shape index (κ1) is 12.8. The van der Waals surface area contributed by atoms with Crippen LogP contribution in [0.25, 0.3) is 0 Å². The monoisotopic (exact) mass is 244 g/mol. The van der Waals surface area contributed by atoms with Crippen molar-refractivity contribution in [3.8, 4) is 0 Å².